The van der Waals surface area contributed by atoms with E-state index in [-0.39, 0.29) is 29.2 Å². The number of hydrogen-bond donors (Lipinski definition) is 1. The van der Waals surface area contributed by atoms with Gasteiger partial charge in [0.05, 0.1) is 11.1 Å². The fourth-order valence-corrected chi connectivity index (χ4v) is 5.21. The largest absolute Gasteiger partial charge is 0.416 e. The van der Waals surface area contributed by atoms with Crippen LogP contribution in [0, 0.1) is 11.8 Å². The molecule has 4 nitrogen and oxygen atoms in total. The SMILES string of the molecule is C[C@@H](C(=O)Nc1ccc(Cl)cc1)[C@H]1CC[C@]2(CC1)c1ccc(C(F)(F)F)cc1C(=O)N2C. The molecule has 0 radical (unpaired) electrons. The van der Waals surface area contributed by atoms with Gasteiger partial charge in [-0.2, -0.15) is 13.2 Å². The van der Waals surface area contributed by atoms with Crippen LogP contribution < -0.4 is 5.32 Å². The van der Waals surface area contributed by atoms with Crippen molar-refractivity contribution < 1.29 is 22.8 Å². The van der Waals surface area contributed by atoms with E-state index in [2.05, 4.69) is 5.32 Å². The molecule has 1 heterocycles. The van der Waals surface area contributed by atoms with Crippen molar-refractivity contribution in [2.24, 2.45) is 11.8 Å². The number of halogens is 4. The first-order valence-electron chi connectivity index (χ1n) is 10.6. The quantitative estimate of drug-likeness (QED) is 0.596. The minimum atomic E-state index is -4.49. The average Bonchev–Trinajstić information content (AvgIpc) is 2.96. The van der Waals surface area contributed by atoms with E-state index in [1.807, 2.05) is 6.92 Å². The molecule has 1 aliphatic carbocycles. The van der Waals surface area contributed by atoms with E-state index in [0.29, 0.717) is 42.0 Å². The highest BCUT2D eigenvalue weighted by molar-refractivity contribution is 6.30. The lowest BCUT2D eigenvalue weighted by molar-refractivity contribution is -0.137. The van der Waals surface area contributed by atoms with Crippen LogP contribution in [0.5, 0.6) is 0 Å². The van der Waals surface area contributed by atoms with Gasteiger partial charge in [-0.3, -0.25) is 9.59 Å². The van der Waals surface area contributed by atoms with Crippen LogP contribution in [0.4, 0.5) is 18.9 Å². The van der Waals surface area contributed by atoms with Crippen molar-refractivity contribution in [2.75, 3.05) is 12.4 Å². The Hall–Kier alpha value is -2.54. The van der Waals surface area contributed by atoms with Gasteiger partial charge < -0.3 is 10.2 Å². The Morgan fingerprint density at radius 2 is 1.78 bits per heavy atom. The molecule has 1 atom stereocenters. The molecule has 1 N–H and O–H groups in total. The molecule has 2 aromatic carbocycles. The number of hydrogen-bond acceptors (Lipinski definition) is 2. The van der Waals surface area contributed by atoms with E-state index in [0.717, 1.165) is 12.1 Å². The van der Waals surface area contributed by atoms with Crippen molar-refractivity contribution in [2.45, 2.75) is 44.3 Å². The average molecular weight is 465 g/mol. The third-order valence-corrected chi connectivity index (χ3v) is 7.37. The fourth-order valence-electron chi connectivity index (χ4n) is 5.08. The van der Waals surface area contributed by atoms with Gasteiger partial charge in [0, 0.05) is 29.2 Å². The minimum Gasteiger partial charge on any atom is -0.332 e. The van der Waals surface area contributed by atoms with E-state index >= 15 is 0 Å². The zero-order valence-corrected chi connectivity index (χ0v) is 18.6. The van der Waals surface area contributed by atoms with Gasteiger partial charge in [0.15, 0.2) is 0 Å². The summed E-state index contributed by atoms with van der Waals surface area (Å²) >= 11 is 5.88. The Kier molecular flexibility index (Phi) is 5.74. The summed E-state index contributed by atoms with van der Waals surface area (Å²) in [7, 11) is 1.66. The maximum absolute atomic E-state index is 13.1. The highest BCUT2D eigenvalue weighted by atomic mass is 35.5. The Labute approximate surface area is 189 Å². The van der Waals surface area contributed by atoms with Gasteiger partial charge in [0.2, 0.25) is 5.91 Å². The molecule has 4 rings (SSSR count). The number of amides is 2. The zero-order chi connectivity index (χ0) is 23.3. The Balaban J connectivity index is 1.48. The summed E-state index contributed by atoms with van der Waals surface area (Å²) < 4.78 is 39.4. The summed E-state index contributed by atoms with van der Waals surface area (Å²) in [5.74, 6) is -0.579. The van der Waals surface area contributed by atoms with Crippen molar-refractivity contribution in [3.63, 3.8) is 0 Å². The van der Waals surface area contributed by atoms with Crippen molar-refractivity contribution in [3.8, 4) is 0 Å². The number of rotatable bonds is 3. The predicted octanol–water partition coefficient (Wildman–Crippen LogP) is 6.10. The third-order valence-electron chi connectivity index (χ3n) is 7.12. The lowest BCUT2D eigenvalue weighted by atomic mass is 9.69. The van der Waals surface area contributed by atoms with Crippen LogP contribution >= 0.6 is 11.6 Å². The molecule has 1 fully saturated rings. The number of anilines is 1. The van der Waals surface area contributed by atoms with Crippen LogP contribution in [0.1, 0.15) is 54.1 Å². The van der Waals surface area contributed by atoms with Gasteiger partial charge in [-0.25, -0.2) is 0 Å². The van der Waals surface area contributed by atoms with E-state index < -0.39 is 17.3 Å². The molecule has 2 aliphatic rings. The van der Waals surface area contributed by atoms with Crippen LogP contribution in [-0.2, 0) is 16.5 Å². The first-order valence-corrected chi connectivity index (χ1v) is 11.0. The van der Waals surface area contributed by atoms with Crippen molar-refractivity contribution in [1.82, 2.24) is 4.90 Å². The number of benzene rings is 2. The number of carbonyl (C=O) groups is 2. The molecule has 2 aromatic rings. The molecule has 0 bridgehead atoms. The summed E-state index contributed by atoms with van der Waals surface area (Å²) in [6.07, 6.45) is -1.87. The smallest absolute Gasteiger partial charge is 0.332 e. The zero-order valence-electron chi connectivity index (χ0n) is 17.8. The van der Waals surface area contributed by atoms with Crippen LogP contribution in [0.2, 0.25) is 5.02 Å². The molecule has 1 spiro atoms. The highest BCUT2D eigenvalue weighted by Gasteiger charge is 2.50. The second kappa shape index (κ2) is 8.10. The van der Waals surface area contributed by atoms with Crippen molar-refractivity contribution in [3.05, 3.63) is 64.2 Å². The maximum Gasteiger partial charge on any atom is 0.416 e. The Morgan fingerprint density at radius 1 is 1.16 bits per heavy atom. The first-order chi connectivity index (χ1) is 15.0. The molecular weight excluding hydrogens is 441 g/mol. The number of nitrogens with zero attached hydrogens (tertiary/aromatic N) is 1. The Morgan fingerprint density at radius 3 is 2.38 bits per heavy atom. The number of fused-ring (bicyclic) bond motifs is 2. The second-order valence-corrected chi connectivity index (χ2v) is 9.21. The topological polar surface area (TPSA) is 49.4 Å². The normalized spacial score (nSPS) is 23.9. The highest BCUT2D eigenvalue weighted by Crippen LogP contribution is 2.51. The van der Waals surface area contributed by atoms with Gasteiger partial charge in [-0.15, -0.1) is 0 Å². The van der Waals surface area contributed by atoms with Gasteiger partial charge in [0.1, 0.15) is 0 Å². The summed E-state index contributed by atoms with van der Waals surface area (Å²) in [4.78, 5) is 27.1. The van der Waals surface area contributed by atoms with Crippen LogP contribution in [-0.4, -0.2) is 23.8 Å². The van der Waals surface area contributed by atoms with Crippen molar-refractivity contribution in [1.29, 1.82) is 0 Å². The number of carbonyl (C=O) groups excluding carboxylic acids is 2. The standard InChI is InChI=1S/C24H24ClF3N2O2/c1-14(21(31)29-18-6-4-17(25)5-7-18)15-9-11-23(12-10-15)20-8-3-16(24(26,27)28)13-19(20)22(32)30(23)2/h3-8,13-15H,9-12H2,1-2H3,(H,29,31)/t14-,15-,23-/m1/s1. The summed E-state index contributed by atoms with van der Waals surface area (Å²) in [5, 5.41) is 3.50. The lowest BCUT2D eigenvalue weighted by Crippen LogP contribution is -2.45. The number of nitrogens with one attached hydrogen (secondary N) is 1. The maximum atomic E-state index is 13.1. The molecule has 0 aromatic heterocycles. The molecule has 0 unspecified atom stereocenters. The molecule has 8 heteroatoms. The van der Waals surface area contributed by atoms with Crippen LogP contribution in [0.15, 0.2) is 42.5 Å². The van der Waals surface area contributed by atoms with Crippen LogP contribution in [0.3, 0.4) is 0 Å². The molecule has 32 heavy (non-hydrogen) atoms. The first kappa shape index (κ1) is 22.6. The molecule has 2 amide bonds. The summed E-state index contributed by atoms with van der Waals surface area (Å²) in [6, 6.07) is 10.4. The molecule has 0 saturated heterocycles. The molecule has 170 valence electrons. The number of alkyl halides is 3. The van der Waals surface area contributed by atoms with Gasteiger partial charge in [0.25, 0.3) is 5.91 Å². The van der Waals surface area contributed by atoms with Crippen LogP contribution in [0.25, 0.3) is 0 Å². The van der Waals surface area contributed by atoms with Gasteiger partial charge >= 0.3 is 6.18 Å². The van der Waals surface area contributed by atoms with Crippen molar-refractivity contribution >= 4 is 29.1 Å². The Bertz CT molecular complexity index is 1040. The fraction of sp³-hybridized carbons (Fsp3) is 0.417. The summed E-state index contributed by atoms with van der Waals surface area (Å²) in [5.41, 5.74) is 0.0497. The van der Waals surface area contributed by atoms with E-state index in [4.69, 9.17) is 11.6 Å². The molecule has 1 saturated carbocycles. The molecular formula is C24H24ClF3N2O2. The predicted molar refractivity (Wildman–Crippen MR) is 116 cm³/mol. The monoisotopic (exact) mass is 464 g/mol. The van der Waals surface area contributed by atoms with Gasteiger partial charge in [-0.1, -0.05) is 24.6 Å². The summed E-state index contributed by atoms with van der Waals surface area (Å²) in [6.45, 7) is 1.89. The molecule has 1 aliphatic heterocycles. The lowest BCUT2D eigenvalue weighted by Gasteiger charge is -2.43. The van der Waals surface area contributed by atoms with E-state index in [9.17, 15) is 22.8 Å². The van der Waals surface area contributed by atoms with E-state index in [1.54, 1.807) is 36.2 Å². The minimum absolute atomic E-state index is 0.0839. The second-order valence-electron chi connectivity index (χ2n) is 8.78. The van der Waals surface area contributed by atoms with Gasteiger partial charge in [-0.05, 0) is 73.6 Å². The van der Waals surface area contributed by atoms with E-state index in [1.165, 1.54) is 6.07 Å². The third kappa shape index (κ3) is 3.87.